The van der Waals surface area contributed by atoms with Crippen molar-refractivity contribution in [3.8, 4) is 0 Å². The third kappa shape index (κ3) is 3.89. The maximum atomic E-state index is 12.5. The van der Waals surface area contributed by atoms with Crippen molar-refractivity contribution in [1.82, 2.24) is 9.71 Å². The maximum Gasteiger partial charge on any atom is 0.241 e. The molecule has 3 N–H and O–H groups in total. The topological polar surface area (TPSA) is 85.1 Å². The Kier molecular flexibility index (Phi) is 5.15. The summed E-state index contributed by atoms with van der Waals surface area (Å²) in [7, 11) is -3.60. The van der Waals surface area contributed by atoms with E-state index in [1.54, 1.807) is 19.2 Å². The lowest BCUT2D eigenvalue weighted by Crippen LogP contribution is -2.24. The van der Waals surface area contributed by atoms with E-state index in [4.69, 9.17) is 5.73 Å². The van der Waals surface area contributed by atoms with Crippen LogP contribution in [0.2, 0.25) is 0 Å². The van der Waals surface area contributed by atoms with Gasteiger partial charge in [0.05, 0.1) is 11.4 Å². The normalized spacial score (nSPS) is 11.8. The Labute approximate surface area is 136 Å². The second kappa shape index (κ2) is 6.53. The first-order chi connectivity index (χ1) is 9.83. The van der Waals surface area contributed by atoms with Crippen LogP contribution in [0.4, 0.5) is 0 Å². The number of rotatable bonds is 5. The van der Waals surface area contributed by atoms with Crippen molar-refractivity contribution < 1.29 is 8.42 Å². The first-order valence-electron chi connectivity index (χ1n) is 6.23. The molecule has 1 heterocycles. The van der Waals surface area contributed by atoms with E-state index in [1.165, 1.54) is 11.3 Å². The number of nitrogens with one attached hydrogen (secondary N) is 1. The minimum atomic E-state index is -3.60. The van der Waals surface area contributed by atoms with E-state index in [9.17, 15) is 8.42 Å². The smallest absolute Gasteiger partial charge is 0.241 e. The Morgan fingerprint density at radius 3 is 2.67 bits per heavy atom. The maximum absolute atomic E-state index is 12.5. The van der Waals surface area contributed by atoms with E-state index in [1.807, 2.05) is 13.0 Å². The lowest BCUT2D eigenvalue weighted by Gasteiger charge is -2.11. The van der Waals surface area contributed by atoms with Gasteiger partial charge in [-0.3, -0.25) is 0 Å². The molecule has 21 heavy (non-hydrogen) atoms. The quantitative estimate of drug-likeness (QED) is 0.822. The van der Waals surface area contributed by atoms with Crippen molar-refractivity contribution >= 4 is 37.3 Å². The summed E-state index contributed by atoms with van der Waals surface area (Å²) in [5.41, 5.74) is 7.03. The Bertz CT molecular complexity index is 757. The minimum absolute atomic E-state index is 0.185. The molecule has 0 radical (unpaired) electrons. The summed E-state index contributed by atoms with van der Waals surface area (Å²) in [5, 5.41) is 0.739. The van der Waals surface area contributed by atoms with Crippen molar-refractivity contribution in [2.75, 3.05) is 0 Å². The van der Waals surface area contributed by atoms with Gasteiger partial charge in [-0.1, -0.05) is 15.9 Å². The summed E-state index contributed by atoms with van der Waals surface area (Å²) in [5.74, 6) is 0. The average molecular weight is 390 g/mol. The van der Waals surface area contributed by atoms with E-state index in [0.717, 1.165) is 19.9 Å². The minimum Gasteiger partial charge on any atom is -0.326 e. The molecule has 0 unspecified atom stereocenters. The van der Waals surface area contributed by atoms with E-state index < -0.39 is 10.0 Å². The van der Waals surface area contributed by atoms with Crippen molar-refractivity contribution in [2.24, 2.45) is 5.73 Å². The highest BCUT2D eigenvalue weighted by molar-refractivity contribution is 9.10. The van der Waals surface area contributed by atoms with Gasteiger partial charge in [0.2, 0.25) is 10.0 Å². The highest BCUT2D eigenvalue weighted by Crippen LogP contribution is 2.26. The Morgan fingerprint density at radius 1 is 1.38 bits per heavy atom. The van der Waals surface area contributed by atoms with E-state index in [0.29, 0.717) is 5.56 Å². The zero-order chi connectivity index (χ0) is 15.6. The molecule has 0 amide bonds. The number of aromatic nitrogens is 1. The lowest BCUT2D eigenvalue weighted by atomic mass is 10.1. The molecule has 2 aromatic rings. The molecule has 1 aromatic heterocycles. The molecule has 0 aliphatic carbocycles. The summed E-state index contributed by atoms with van der Waals surface area (Å²) >= 11 is 4.84. The van der Waals surface area contributed by atoms with E-state index in [-0.39, 0.29) is 18.0 Å². The highest BCUT2D eigenvalue weighted by Gasteiger charge is 2.19. The zero-order valence-corrected chi connectivity index (χ0v) is 14.9. The predicted molar refractivity (Wildman–Crippen MR) is 87.6 cm³/mol. The van der Waals surface area contributed by atoms with E-state index in [2.05, 4.69) is 25.6 Å². The Balaban J connectivity index is 2.29. The van der Waals surface area contributed by atoms with Crippen molar-refractivity contribution in [2.45, 2.75) is 31.8 Å². The van der Waals surface area contributed by atoms with Gasteiger partial charge >= 0.3 is 0 Å². The number of benzene rings is 1. The monoisotopic (exact) mass is 389 g/mol. The largest absolute Gasteiger partial charge is 0.326 e. The fraction of sp³-hybridized carbons (Fsp3) is 0.308. The molecule has 0 aliphatic heterocycles. The van der Waals surface area contributed by atoms with Gasteiger partial charge in [0.15, 0.2) is 0 Å². The van der Waals surface area contributed by atoms with Gasteiger partial charge in [-0.25, -0.2) is 18.1 Å². The fourth-order valence-corrected chi connectivity index (χ4v) is 4.58. The van der Waals surface area contributed by atoms with Crippen LogP contribution in [0.3, 0.4) is 0 Å². The van der Waals surface area contributed by atoms with Crippen LogP contribution in [0.25, 0.3) is 0 Å². The number of aryl methyl sites for hydroxylation is 1. The predicted octanol–water partition coefficient (Wildman–Crippen LogP) is 2.46. The standard InChI is InChI=1S/C13H16BrN3O2S2/c1-8-6-16-13(20-8)7-17-21(18,19)12-4-10(5-15)3-11(14)9(12)2/h3-4,6,17H,5,7,15H2,1-2H3. The number of sulfonamides is 1. The summed E-state index contributed by atoms with van der Waals surface area (Å²) in [6.45, 7) is 4.16. The van der Waals surface area contributed by atoms with Gasteiger partial charge < -0.3 is 5.73 Å². The fourth-order valence-electron chi connectivity index (χ4n) is 1.82. The third-order valence-corrected chi connectivity index (χ3v) is 6.23. The molecule has 0 fully saturated rings. The van der Waals surface area contributed by atoms with Gasteiger partial charge in [-0.15, -0.1) is 11.3 Å². The van der Waals surface area contributed by atoms with Crippen molar-refractivity contribution in [1.29, 1.82) is 0 Å². The number of nitrogens with two attached hydrogens (primary N) is 1. The summed E-state index contributed by atoms with van der Waals surface area (Å²) in [6, 6.07) is 3.44. The second-order valence-electron chi connectivity index (χ2n) is 4.59. The molecule has 0 bridgehead atoms. The number of halogens is 1. The molecule has 0 saturated carbocycles. The second-order valence-corrected chi connectivity index (χ2v) is 8.50. The van der Waals surface area contributed by atoms with Gasteiger partial charge in [-0.2, -0.15) is 0 Å². The summed E-state index contributed by atoms with van der Waals surface area (Å²) in [6.07, 6.45) is 1.73. The van der Waals surface area contributed by atoms with Crippen LogP contribution in [0.15, 0.2) is 27.7 Å². The number of nitrogens with zero attached hydrogens (tertiary/aromatic N) is 1. The van der Waals surface area contributed by atoms with Crippen LogP contribution in [0, 0.1) is 13.8 Å². The molecule has 0 saturated heterocycles. The molecule has 5 nitrogen and oxygen atoms in total. The number of hydrogen-bond acceptors (Lipinski definition) is 5. The van der Waals surface area contributed by atoms with Gasteiger partial charge in [0.1, 0.15) is 5.01 Å². The summed E-state index contributed by atoms with van der Waals surface area (Å²) < 4.78 is 28.2. The van der Waals surface area contributed by atoms with Crippen LogP contribution in [0.5, 0.6) is 0 Å². The van der Waals surface area contributed by atoms with Crippen LogP contribution in [-0.4, -0.2) is 13.4 Å². The average Bonchev–Trinajstić information content (AvgIpc) is 2.85. The lowest BCUT2D eigenvalue weighted by molar-refractivity contribution is 0.580. The van der Waals surface area contributed by atoms with Crippen LogP contribution in [-0.2, 0) is 23.1 Å². The van der Waals surface area contributed by atoms with Crippen molar-refractivity contribution in [3.05, 3.63) is 43.8 Å². The van der Waals surface area contributed by atoms with Crippen LogP contribution < -0.4 is 10.5 Å². The molecule has 2 rings (SSSR count). The van der Waals surface area contributed by atoms with Crippen molar-refractivity contribution in [3.63, 3.8) is 0 Å². The summed E-state index contributed by atoms with van der Waals surface area (Å²) in [4.78, 5) is 5.44. The molecule has 1 aromatic carbocycles. The number of hydrogen-bond donors (Lipinski definition) is 2. The Hall–Kier alpha value is -0.800. The molecule has 8 heteroatoms. The molecule has 114 valence electrons. The highest BCUT2D eigenvalue weighted by atomic mass is 79.9. The molecular weight excluding hydrogens is 374 g/mol. The van der Waals surface area contributed by atoms with Crippen LogP contribution in [0.1, 0.15) is 21.0 Å². The molecule has 0 atom stereocenters. The molecule has 0 spiro atoms. The zero-order valence-electron chi connectivity index (χ0n) is 11.7. The van der Waals surface area contributed by atoms with Crippen LogP contribution >= 0.6 is 27.3 Å². The molecular formula is C13H16BrN3O2S2. The van der Waals surface area contributed by atoms with Gasteiger partial charge in [0.25, 0.3) is 0 Å². The number of thiazole rings is 1. The third-order valence-electron chi connectivity index (χ3n) is 2.96. The van der Waals surface area contributed by atoms with Gasteiger partial charge in [0, 0.05) is 22.1 Å². The first-order valence-corrected chi connectivity index (χ1v) is 9.33. The Morgan fingerprint density at radius 2 is 2.10 bits per heavy atom. The van der Waals surface area contributed by atoms with Gasteiger partial charge in [-0.05, 0) is 37.1 Å². The molecule has 0 aliphatic rings. The first kappa shape index (κ1) is 16.6. The SMILES string of the molecule is Cc1cnc(CNS(=O)(=O)c2cc(CN)cc(Br)c2C)s1. The van der Waals surface area contributed by atoms with E-state index >= 15 is 0 Å².